The summed E-state index contributed by atoms with van der Waals surface area (Å²) >= 11 is 0. The summed E-state index contributed by atoms with van der Waals surface area (Å²) in [6.45, 7) is 6.87. The Labute approximate surface area is 118 Å². The van der Waals surface area contributed by atoms with Crippen molar-refractivity contribution in [2.45, 2.75) is 38.8 Å². The van der Waals surface area contributed by atoms with Crippen molar-refractivity contribution in [2.24, 2.45) is 5.41 Å². The molecular formula is C9H17KN2. The van der Waals surface area contributed by atoms with Gasteiger partial charge in [-0.05, 0) is 25.7 Å². The Bertz CT molecular complexity index is 164. The summed E-state index contributed by atoms with van der Waals surface area (Å²) in [5.41, 5.74) is 8.17. The molecule has 0 amide bonds. The Hall–Kier alpha value is 1.56. The maximum Gasteiger partial charge on any atom is 1.00 e. The van der Waals surface area contributed by atoms with E-state index in [0.717, 1.165) is 6.42 Å². The minimum absolute atomic E-state index is 0. The first-order valence-corrected chi connectivity index (χ1v) is 4.59. The summed E-state index contributed by atoms with van der Waals surface area (Å²) in [5.74, 6) is 0. The van der Waals surface area contributed by atoms with Crippen LogP contribution in [0.5, 0.6) is 0 Å². The second-order valence-corrected chi connectivity index (χ2v) is 4.45. The van der Waals surface area contributed by atoms with Crippen LogP contribution in [0.1, 0.15) is 26.7 Å². The van der Waals surface area contributed by atoms with Gasteiger partial charge >= 0.3 is 51.4 Å². The van der Waals surface area contributed by atoms with E-state index >= 15 is 0 Å². The van der Waals surface area contributed by atoms with Gasteiger partial charge in [0.1, 0.15) is 0 Å². The van der Waals surface area contributed by atoms with E-state index in [9.17, 15) is 0 Å². The zero-order valence-electron chi connectivity index (χ0n) is 8.43. The van der Waals surface area contributed by atoms with E-state index in [4.69, 9.17) is 5.73 Å². The Morgan fingerprint density at radius 2 is 2.00 bits per heavy atom. The predicted molar refractivity (Wildman–Crippen MR) is 46.5 cm³/mol. The summed E-state index contributed by atoms with van der Waals surface area (Å²) in [4.78, 5) is 2.47. The molecule has 1 aliphatic carbocycles. The van der Waals surface area contributed by atoms with E-state index in [2.05, 4.69) is 18.7 Å². The van der Waals surface area contributed by atoms with Gasteiger partial charge in [0.15, 0.2) is 0 Å². The second kappa shape index (κ2) is 3.97. The molecule has 0 aromatic carbocycles. The Morgan fingerprint density at radius 3 is 2.25 bits per heavy atom. The van der Waals surface area contributed by atoms with Crippen LogP contribution >= 0.6 is 0 Å². The standard InChI is InChI=1S/C9H17N2.K/c1-7(2)11-5-9(6-11)4-3-8(9)10;/h7-8,10H,3-6H2,1-2H3;/q-1;+1. The molecule has 2 nitrogen and oxygen atoms in total. The van der Waals surface area contributed by atoms with Gasteiger partial charge in [0.05, 0.1) is 0 Å². The number of hydrogen-bond acceptors (Lipinski definition) is 1. The van der Waals surface area contributed by atoms with Gasteiger partial charge in [-0.1, -0.05) is 6.42 Å². The molecule has 2 rings (SSSR count). The van der Waals surface area contributed by atoms with Crippen molar-refractivity contribution in [1.82, 2.24) is 4.90 Å². The first-order valence-electron chi connectivity index (χ1n) is 4.59. The van der Waals surface area contributed by atoms with Crippen molar-refractivity contribution in [2.75, 3.05) is 13.1 Å². The van der Waals surface area contributed by atoms with Crippen LogP contribution in [-0.4, -0.2) is 30.1 Å². The van der Waals surface area contributed by atoms with Gasteiger partial charge < -0.3 is 5.73 Å². The quantitative estimate of drug-likeness (QED) is 0.485. The van der Waals surface area contributed by atoms with Crippen molar-refractivity contribution < 1.29 is 51.4 Å². The molecule has 1 N–H and O–H groups in total. The Balaban J connectivity index is 0.000000720. The van der Waals surface area contributed by atoms with Crippen LogP contribution < -0.4 is 51.4 Å². The van der Waals surface area contributed by atoms with Crippen LogP contribution in [-0.2, 0) is 0 Å². The average Bonchev–Trinajstić information content (AvgIpc) is 1.81. The maximum atomic E-state index is 7.72. The molecular weight excluding hydrogens is 175 g/mol. The maximum absolute atomic E-state index is 7.72. The molecule has 3 heteroatoms. The Morgan fingerprint density at radius 1 is 1.42 bits per heavy atom. The fraction of sp³-hybridized carbons (Fsp3) is 1.00. The van der Waals surface area contributed by atoms with E-state index in [1.54, 1.807) is 0 Å². The summed E-state index contributed by atoms with van der Waals surface area (Å²) < 4.78 is 0. The van der Waals surface area contributed by atoms with Crippen LogP contribution in [0.4, 0.5) is 0 Å². The molecule has 0 aromatic heterocycles. The molecule has 0 bridgehead atoms. The van der Waals surface area contributed by atoms with E-state index in [1.807, 2.05) is 0 Å². The fourth-order valence-corrected chi connectivity index (χ4v) is 2.20. The monoisotopic (exact) mass is 192 g/mol. The number of nitrogens with one attached hydrogen (secondary N) is 1. The minimum Gasteiger partial charge on any atom is -0.674 e. The molecule has 1 saturated carbocycles. The van der Waals surface area contributed by atoms with Crippen molar-refractivity contribution in [3.63, 3.8) is 0 Å². The molecule has 1 saturated heterocycles. The van der Waals surface area contributed by atoms with Gasteiger partial charge in [0, 0.05) is 19.1 Å². The Kier molecular flexibility index (Phi) is 3.85. The summed E-state index contributed by atoms with van der Waals surface area (Å²) in [7, 11) is 0. The first kappa shape index (κ1) is 11.6. The van der Waals surface area contributed by atoms with Crippen LogP contribution in [0.15, 0.2) is 0 Å². The molecule has 0 aromatic rings. The molecule has 1 atom stereocenters. The molecule has 1 heterocycles. The molecule has 2 aliphatic rings. The third-order valence-electron chi connectivity index (χ3n) is 3.44. The van der Waals surface area contributed by atoms with Gasteiger partial charge in [0.2, 0.25) is 0 Å². The predicted octanol–water partition coefficient (Wildman–Crippen LogP) is -1.08. The summed E-state index contributed by atoms with van der Waals surface area (Å²) in [5, 5.41) is 0. The van der Waals surface area contributed by atoms with Crippen LogP contribution in [0.25, 0.3) is 5.73 Å². The third kappa shape index (κ3) is 1.70. The zero-order chi connectivity index (χ0) is 8.06. The van der Waals surface area contributed by atoms with E-state index < -0.39 is 0 Å². The molecule has 0 radical (unpaired) electrons. The fourth-order valence-electron chi connectivity index (χ4n) is 2.20. The number of likely N-dealkylation sites (tertiary alicyclic amines) is 1. The SMILES string of the molecule is CC(C)N1CC2(CCC2[NH-])C1.[K+]. The minimum atomic E-state index is 0. The average molecular weight is 192 g/mol. The topological polar surface area (TPSA) is 27.0 Å². The molecule has 64 valence electrons. The van der Waals surface area contributed by atoms with Crippen molar-refractivity contribution in [3.8, 4) is 0 Å². The van der Waals surface area contributed by atoms with E-state index in [1.165, 1.54) is 19.5 Å². The normalized spacial score (nSPS) is 32.5. The van der Waals surface area contributed by atoms with E-state index in [-0.39, 0.29) is 57.4 Å². The second-order valence-electron chi connectivity index (χ2n) is 4.45. The van der Waals surface area contributed by atoms with Crippen LogP contribution in [0, 0.1) is 5.41 Å². The largest absolute Gasteiger partial charge is 1.00 e. The molecule has 1 unspecified atom stereocenters. The van der Waals surface area contributed by atoms with Gasteiger partial charge in [-0.3, -0.25) is 4.90 Å². The summed E-state index contributed by atoms with van der Waals surface area (Å²) in [6, 6.07) is 0.950. The number of rotatable bonds is 1. The van der Waals surface area contributed by atoms with E-state index in [0.29, 0.717) is 11.5 Å². The van der Waals surface area contributed by atoms with Crippen molar-refractivity contribution >= 4 is 0 Å². The van der Waals surface area contributed by atoms with Crippen molar-refractivity contribution in [1.29, 1.82) is 0 Å². The first-order chi connectivity index (χ1) is 5.14. The van der Waals surface area contributed by atoms with Gasteiger partial charge in [-0.2, -0.15) is 0 Å². The van der Waals surface area contributed by atoms with Crippen LogP contribution in [0.2, 0.25) is 0 Å². The van der Waals surface area contributed by atoms with Crippen molar-refractivity contribution in [3.05, 3.63) is 5.73 Å². The molecule has 1 aliphatic heterocycles. The van der Waals surface area contributed by atoms with Gasteiger partial charge in [-0.15, -0.1) is 6.04 Å². The molecule has 1 spiro atoms. The zero-order valence-corrected chi connectivity index (χ0v) is 11.6. The summed E-state index contributed by atoms with van der Waals surface area (Å²) in [6.07, 6.45) is 2.45. The smallest absolute Gasteiger partial charge is 0.674 e. The van der Waals surface area contributed by atoms with Gasteiger partial charge in [-0.25, -0.2) is 0 Å². The number of hydrogen-bond donors (Lipinski definition) is 0. The number of nitrogens with zero attached hydrogens (tertiary/aromatic N) is 1. The van der Waals surface area contributed by atoms with Crippen LogP contribution in [0.3, 0.4) is 0 Å². The molecule has 12 heavy (non-hydrogen) atoms. The molecule has 2 fully saturated rings. The third-order valence-corrected chi connectivity index (χ3v) is 3.44. The van der Waals surface area contributed by atoms with Gasteiger partial charge in [0.25, 0.3) is 0 Å².